The van der Waals surface area contributed by atoms with E-state index in [1.54, 1.807) is 54.6 Å². The normalized spacial score (nSPS) is 10.5. The molecule has 0 fully saturated rings. The lowest BCUT2D eigenvalue weighted by molar-refractivity contribution is -0.115. The molecule has 3 N–H and O–H groups in total. The SMILES string of the molecule is COc1cc(NC(=S)NC(=O)/C=C/c2ccc(Cl)cc2)ccc1NC(=O)c1cccs1. The van der Waals surface area contributed by atoms with E-state index in [1.165, 1.54) is 24.5 Å². The number of carbonyl (C=O) groups excluding carboxylic acids is 2. The van der Waals surface area contributed by atoms with Gasteiger partial charge in [-0.3, -0.25) is 14.9 Å². The van der Waals surface area contributed by atoms with Crippen LogP contribution < -0.4 is 20.7 Å². The quantitative estimate of drug-likeness (QED) is 0.340. The Morgan fingerprint density at radius 2 is 1.87 bits per heavy atom. The van der Waals surface area contributed by atoms with Crippen molar-refractivity contribution in [2.24, 2.45) is 0 Å². The number of thiophene rings is 1. The molecule has 0 aliphatic rings. The molecular formula is C22H18ClN3O3S2. The zero-order valence-electron chi connectivity index (χ0n) is 16.3. The second kappa shape index (κ2) is 10.7. The highest BCUT2D eigenvalue weighted by Crippen LogP contribution is 2.28. The van der Waals surface area contributed by atoms with Gasteiger partial charge < -0.3 is 15.4 Å². The van der Waals surface area contributed by atoms with Crippen LogP contribution in [0.1, 0.15) is 15.2 Å². The summed E-state index contributed by atoms with van der Waals surface area (Å²) in [7, 11) is 1.50. The zero-order chi connectivity index (χ0) is 22.2. The molecule has 0 unspecified atom stereocenters. The summed E-state index contributed by atoms with van der Waals surface area (Å²) in [4.78, 5) is 24.9. The second-order valence-electron chi connectivity index (χ2n) is 6.17. The van der Waals surface area contributed by atoms with E-state index in [0.717, 1.165) is 5.56 Å². The van der Waals surface area contributed by atoms with Crippen molar-refractivity contribution in [3.63, 3.8) is 0 Å². The Labute approximate surface area is 193 Å². The van der Waals surface area contributed by atoms with Crippen LogP contribution in [0, 0.1) is 0 Å². The molecule has 0 radical (unpaired) electrons. The standard InChI is InChI=1S/C22H18ClN3O3S2/c1-29-18-13-16(9-10-17(18)25-21(28)19-3-2-12-31-19)24-22(30)26-20(27)11-6-14-4-7-15(23)8-5-14/h2-13H,1H3,(H,25,28)(H2,24,26,27,30)/b11-6+. The van der Waals surface area contributed by atoms with E-state index in [1.807, 2.05) is 11.4 Å². The van der Waals surface area contributed by atoms with Crippen molar-refractivity contribution < 1.29 is 14.3 Å². The molecule has 0 atom stereocenters. The number of benzene rings is 2. The van der Waals surface area contributed by atoms with Crippen molar-refractivity contribution in [2.75, 3.05) is 17.7 Å². The van der Waals surface area contributed by atoms with Crippen LogP contribution in [0.15, 0.2) is 66.1 Å². The van der Waals surface area contributed by atoms with Crippen molar-refractivity contribution in [1.82, 2.24) is 5.32 Å². The number of methoxy groups -OCH3 is 1. The fraction of sp³-hybridized carbons (Fsp3) is 0.0455. The third kappa shape index (κ3) is 6.65. The fourth-order valence-corrected chi connectivity index (χ4v) is 3.49. The Kier molecular flexibility index (Phi) is 7.77. The first-order valence-corrected chi connectivity index (χ1v) is 10.7. The highest BCUT2D eigenvalue weighted by atomic mass is 35.5. The van der Waals surface area contributed by atoms with Gasteiger partial charge in [0.25, 0.3) is 5.91 Å². The maximum Gasteiger partial charge on any atom is 0.265 e. The van der Waals surface area contributed by atoms with Gasteiger partial charge in [-0.15, -0.1) is 11.3 Å². The van der Waals surface area contributed by atoms with E-state index in [9.17, 15) is 9.59 Å². The van der Waals surface area contributed by atoms with Crippen molar-refractivity contribution in [2.45, 2.75) is 0 Å². The van der Waals surface area contributed by atoms with E-state index in [4.69, 9.17) is 28.6 Å². The number of ether oxygens (including phenoxy) is 1. The lowest BCUT2D eigenvalue weighted by Crippen LogP contribution is -2.32. The maximum absolute atomic E-state index is 12.3. The predicted octanol–water partition coefficient (Wildman–Crippen LogP) is 5.19. The van der Waals surface area contributed by atoms with Crippen LogP contribution in [0.4, 0.5) is 11.4 Å². The lowest BCUT2D eigenvalue weighted by atomic mass is 10.2. The molecule has 3 aromatic rings. The van der Waals surface area contributed by atoms with E-state index < -0.39 is 0 Å². The molecule has 2 aromatic carbocycles. The van der Waals surface area contributed by atoms with Crippen LogP contribution in [-0.4, -0.2) is 24.0 Å². The Bertz CT molecular complexity index is 1110. The number of carbonyl (C=O) groups is 2. The molecule has 6 nitrogen and oxygen atoms in total. The van der Waals surface area contributed by atoms with Crippen molar-refractivity contribution in [1.29, 1.82) is 0 Å². The third-order valence-electron chi connectivity index (χ3n) is 3.99. The van der Waals surface area contributed by atoms with Crippen LogP contribution in [0.2, 0.25) is 5.02 Å². The molecule has 0 saturated carbocycles. The minimum Gasteiger partial charge on any atom is -0.494 e. The first-order valence-electron chi connectivity index (χ1n) is 9.03. The van der Waals surface area contributed by atoms with Gasteiger partial charge in [0.1, 0.15) is 5.75 Å². The summed E-state index contributed by atoms with van der Waals surface area (Å²) in [5.41, 5.74) is 1.95. The van der Waals surface area contributed by atoms with E-state index in [0.29, 0.717) is 27.0 Å². The van der Waals surface area contributed by atoms with Gasteiger partial charge in [-0.2, -0.15) is 0 Å². The molecule has 0 aliphatic carbocycles. The third-order valence-corrected chi connectivity index (χ3v) is 5.31. The van der Waals surface area contributed by atoms with Crippen LogP contribution in [0.3, 0.4) is 0 Å². The predicted molar refractivity (Wildman–Crippen MR) is 130 cm³/mol. The molecule has 1 heterocycles. The van der Waals surface area contributed by atoms with Gasteiger partial charge in [0.05, 0.1) is 17.7 Å². The number of rotatable bonds is 6. The minimum atomic E-state index is -0.376. The van der Waals surface area contributed by atoms with Crippen molar-refractivity contribution in [3.05, 3.63) is 81.5 Å². The number of amides is 2. The maximum atomic E-state index is 12.3. The lowest BCUT2D eigenvalue weighted by Gasteiger charge is -2.13. The Morgan fingerprint density at radius 3 is 2.55 bits per heavy atom. The zero-order valence-corrected chi connectivity index (χ0v) is 18.7. The molecule has 0 bridgehead atoms. The van der Waals surface area contributed by atoms with Crippen molar-refractivity contribution in [3.8, 4) is 5.75 Å². The van der Waals surface area contributed by atoms with Crippen LogP contribution in [0.25, 0.3) is 6.08 Å². The highest BCUT2D eigenvalue weighted by Gasteiger charge is 2.12. The van der Waals surface area contributed by atoms with Gasteiger partial charge in [0.15, 0.2) is 5.11 Å². The molecule has 2 amide bonds. The monoisotopic (exact) mass is 471 g/mol. The van der Waals surface area contributed by atoms with E-state index in [-0.39, 0.29) is 16.9 Å². The minimum absolute atomic E-state index is 0.128. The number of hydrogen-bond acceptors (Lipinski definition) is 5. The Hall–Kier alpha value is -3.20. The van der Waals surface area contributed by atoms with Gasteiger partial charge in [0, 0.05) is 22.9 Å². The molecule has 0 aliphatic heterocycles. The highest BCUT2D eigenvalue weighted by molar-refractivity contribution is 7.80. The smallest absolute Gasteiger partial charge is 0.265 e. The second-order valence-corrected chi connectivity index (χ2v) is 7.97. The Balaban J connectivity index is 1.58. The summed E-state index contributed by atoms with van der Waals surface area (Å²) < 4.78 is 5.36. The summed E-state index contributed by atoms with van der Waals surface area (Å²) in [6.07, 6.45) is 3.03. The summed E-state index contributed by atoms with van der Waals surface area (Å²) >= 11 is 12.4. The van der Waals surface area contributed by atoms with Crippen LogP contribution in [0.5, 0.6) is 5.75 Å². The summed E-state index contributed by atoms with van der Waals surface area (Å²) in [5, 5.41) is 10.9. The van der Waals surface area contributed by atoms with Gasteiger partial charge in [0.2, 0.25) is 5.91 Å². The first kappa shape index (κ1) is 22.5. The summed E-state index contributed by atoms with van der Waals surface area (Å²) in [6.45, 7) is 0. The average molecular weight is 472 g/mol. The molecule has 9 heteroatoms. The topological polar surface area (TPSA) is 79.5 Å². The number of halogens is 1. The van der Waals surface area contributed by atoms with Gasteiger partial charge in [-0.25, -0.2) is 0 Å². The molecule has 0 saturated heterocycles. The van der Waals surface area contributed by atoms with Crippen LogP contribution >= 0.6 is 35.2 Å². The average Bonchev–Trinajstić information content (AvgIpc) is 3.29. The first-order chi connectivity index (χ1) is 14.9. The number of anilines is 2. The molecule has 31 heavy (non-hydrogen) atoms. The molecule has 3 rings (SSSR count). The molecule has 158 valence electrons. The van der Waals surface area contributed by atoms with Gasteiger partial charge in [-0.05, 0) is 59.6 Å². The molecular weight excluding hydrogens is 454 g/mol. The van der Waals surface area contributed by atoms with Gasteiger partial charge in [-0.1, -0.05) is 29.8 Å². The Morgan fingerprint density at radius 1 is 1.10 bits per heavy atom. The summed E-state index contributed by atoms with van der Waals surface area (Å²) in [6, 6.07) is 15.7. The number of hydrogen-bond donors (Lipinski definition) is 3. The summed E-state index contributed by atoms with van der Waals surface area (Å²) in [5.74, 6) is -0.143. The number of nitrogens with one attached hydrogen (secondary N) is 3. The largest absolute Gasteiger partial charge is 0.494 e. The number of thiocarbonyl (C=S) groups is 1. The van der Waals surface area contributed by atoms with Crippen molar-refractivity contribution >= 4 is 69.5 Å². The van der Waals surface area contributed by atoms with E-state index in [2.05, 4.69) is 16.0 Å². The van der Waals surface area contributed by atoms with E-state index >= 15 is 0 Å². The molecule has 0 spiro atoms. The van der Waals surface area contributed by atoms with Gasteiger partial charge >= 0.3 is 0 Å². The van der Waals surface area contributed by atoms with Crippen LogP contribution in [-0.2, 0) is 4.79 Å². The fourth-order valence-electron chi connectivity index (χ4n) is 2.53. The molecule has 1 aromatic heterocycles.